The molecule has 3 unspecified atom stereocenters. The Labute approximate surface area is 278 Å². The minimum atomic E-state index is -0.914. The summed E-state index contributed by atoms with van der Waals surface area (Å²) in [5.74, 6) is 5.63. The number of amides is 2. The second-order valence-electron chi connectivity index (χ2n) is 10.6. The van der Waals surface area contributed by atoms with Crippen LogP contribution in [0.25, 0.3) is 0 Å². The molecule has 15 heteroatoms. The largest absolute Gasteiger partial charge is 0.394 e. The second-order valence-corrected chi connectivity index (χ2v) is 11.0. The van der Waals surface area contributed by atoms with Crippen molar-refractivity contribution in [3.8, 4) is 11.8 Å². The number of unbranched alkanes of at least 4 members (excludes halogenated alkanes) is 3. The molecule has 258 valence electrons. The van der Waals surface area contributed by atoms with Crippen LogP contribution < -0.4 is 22.1 Å². The Bertz CT molecular complexity index is 1380. The summed E-state index contributed by atoms with van der Waals surface area (Å²) in [5.41, 5.74) is 6.27. The van der Waals surface area contributed by atoms with Crippen LogP contribution in [0.1, 0.15) is 64.6 Å². The highest BCUT2D eigenvalue weighted by Crippen LogP contribution is 2.27. The number of nitrogens with zero attached hydrogens (tertiary/aromatic N) is 2. The molecule has 0 bridgehead atoms. The number of rotatable bonds is 20. The van der Waals surface area contributed by atoms with Gasteiger partial charge >= 0.3 is 5.69 Å². The van der Waals surface area contributed by atoms with E-state index in [1.54, 1.807) is 24.3 Å². The number of halogens is 1. The van der Waals surface area contributed by atoms with Crippen molar-refractivity contribution < 1.29 is 38.7 Å². The molecule has 3 atom stereocenters. The lowest BCUT2D eigenvalue weighted by molar-refractivity contribution is -0.0458. The van der Waals surface area contributed by atoms with Gasteiger partial charge in [0.15, 0.2) is 0 Å². The topological polar surface area (TPSA) is 196 Å². The number of ether oxygens (including phenoxy) is 4. The lowest BCUT2D eigenvalue weighted by Crippen LogP contribution is -2.29. The van der Waals surface area contributed by atoms with Gasteiger partial charge in [0, 0.05) is 49.3 Å². The molecule has 0 spiro atoms. The van der Waals surface area contributed by atoms with Gasteiger partial charge in [0.2, 0.25) is 0 Å². The third-order valence-electron chi connectivity index (χ3n) is 7.09. The van der Waals surface area contributed by atoms with Gasteiger partial charge in [-0.2, -0.15) is 4.98 Å². The summed E-state index contributed by atoms with van der Waals surface area (Å²) in [6.07, 6.45) is 3.27. The molecule has 0 saturated carbocycles. The molecule has 1 aliphatic heterocycles. The van der Waals surface area contributed by atoms with Crippen molar-refractivity contribution in [1.82, 2.24) is 20.2 Å². The Balaban J connectivity index is 1.28. The molecule has 6 N–H and O–H groups in total. The summed E-state index contributed by atoms with van der Waals surface area (Å²) >= 11 is 5.65. The zero-order valence-electron chi connectivity index (χ0n) is 26.3. The number of benzene rings is 1. The fourth-order valence-corrected chi connectivity index (χ4v) is 4.70. The van der Waals surface area contributed by atoms with Gasteiger partial charge in [-0.25, -0.2) is 4.79 Å². The van der Waals surface area contributed by atoms with E-state index < -0.39 is 24.1 Å². The predicted octanol–water partition coefficient (Wildman–Crippen LogP) is 0.827. The summed E-state index contributed by atoms with van der Waals surface area (Å²) in [6, 6.07) is 6.29. The molecule has 0 aliphatic carbocycles. The van der Waals surface area contributed by atoms with Crippen molar-refractivity contribution in [2.45, 2.75) is 50.5 Å². The van der Waals surface area contributed by atoms with Crippen LogP contribution in [0.15, 0.2) is 35.3 Å². The van der Waals surface area contributed by atoms with Crippen LogP contribution in [0.2, 0.25) is 0 Å². The molecule has 3 rings (SSSR count). The van der Waals surface area contributed by atoms with Crippen LogP contribution in [0, 0.1) is 11.8 Å². The second kappa shape index (κ2) is 21.3. The first kappa shape index (κ1) is 37.9. The van der Waals surface area contributed by atoms with Crippen molar-refractivity contribution in [3.63, 3.8) is 0 Å². The number of carbonyl (C=O) groups is 2. The van der Waals surface area contributed by atoms with Gasteiger partial charge in [0.25, 0.3) is 11.8 Å². The van der Waals surface area contributed by atoms with Gasteiger partial charge in [-0.1, -0.05) is 24.7 Å². The van der Waals surface area contributed by atoms with Crippen LogP contribution in [-0.4, -0.2) is 109 Å². The maximum atomic E-state index is 12.4. The lowest BCUT2D eigenvalue weighted by atomic mass is 10.1. The quantitative estimate of drug-likeness (QED) is 0.0756. The van der Waals surface area contributed by atoms with E-state index in [9.17, 15) is 24.6 Å². The van der Waals surface area contributed by atoms with Crippen molar-refractivity contribution in [3.05, 3.63) is 57.6 Å². The third-order valence-corrected chi connectivity index (χ3v) is 7.36. The van der Waals surface area contributed by atoms with Crippen LogP contribution in [-0.2, 0) is 18.9 Å². The highest BCUT2D eigenvalue weighted by molar-refractivity contribution is 6.17. The Morgan fingerprint density at radius 3 is 2.21 bits per heavy atom. The van der Waals surface area contributed by atoms with Gasteiger partial charge in [0.1, 0.15) is 24.8 Å². The van der Waals surface area contributed by atoms with Gasteiger partial charge in [-0.15, -0.1) is 11.6 Å². The maximum Gasteiger partial charge on any atom is 0.351 e. The van der Waals surface area contributed by atoms with Crippen LogP contribution in [0.5, 0.6) is 0 Å². The average molecular weight is 678 g/mol. The van der Waals surface area contributed by atoms with Crippen molar-refractivity contribution in [2.75, 3.05) is 71.0 Å². The molecule has 1 aliphatic rings. The number of nitrogens with two attached hydrogens (primary N) is 1. The lowest BCUT2D eigenvalue weighted by Gasteiger charge is -2.15. The number of carbonyl (C=O) groups excluding carboxylic acids is 2. The van der Waals surface area contributed by atoms with Crippen LogP contribution in [0.3, 0.4) is 0 Å². The highest BCUT2D eigenvalue weighted by Gasteiger charge is 2.35. The molecule has 1 fully saturated rings. The number of nitrogens with one attached hydrogen (secondary N) is 2. The number of alkyl halides is 1. The highest BCUT2D eigenvalue weighted by atomic mass is 35.5. The number of nitrogen functional groups attached to an aromatic ring is 1. The van der Waals surface area contributed by atoms with E-state index in [-0.39, 0.29) is 56.0 Å². The number of anilines is 1. The summed E-state index contributed by atoms with van der Waals surface area (Å²) in [6.45, 7) is 2.46. The van der Waals surface area contributed by atoms with E-state index in [0.29, 0.717) is 50.0 Å². The standard InChI is InChI=1S/C32H44ClN5O9/c33-11-3-1-2-4-14-45-18-19-46-17-13-36-31(42)24-9-7-23(8-10-24)30(41)35-12-16-44-15-5-6-25-21-38(32(43)37-29(25)34)28-20-26(40)27(22-39)47-28/h7-10,21,26-28,39-40H,1-4,11-20,22H2,(H,35,41)(H,36,42)(H2,34,37,43). The Morgan fingerprint density at radius 1 is 0.979 bits per heavy atom. The molecule has 47 heavy (non-hydrogen) atoms. The molecule has 1 saturated heterocycles. The minimum absolute atomic E-state index is 0.0259. The fraction of sp³-hybridized carbons (Fsp3) is 0.562. The third kappa shape index (κ3) is 13.2. The molecule has 1 aromatic carbocycles. The number of hydrogen-bond donors (Lipinski definition) is 5. The zero-order valence-corrected chi connectivity index (χ0v) is 27.1. The number of aromatic nitrogens is 2. The van der Waals surface area contributed by atoms with E-state index in [2.05, 4.69) is 27.5 Å². The van der Waals surface area contributed by atoms with Gasteiger partial charge in [-0.3, -0.25) is 14.2 Å². The summed E-state index contributed by atoms with van der Waals surface area (Å²) in [5, 5.41) is 24.7. The molecular formula is C32H44ClN5O9. The summed E-state index contributed by atoms with van der Waals surface area (Å²) in [7, 11) is 0. The van der Waals surface area contributed by atoms with E-state index in [1.165, 1.54) is 10.8 Å². The normalized spacial score (nSPS) is 17.2. The number of aliphatic hydroxyl groups is 2. The Morgan fingerprint density at radius 2 is 1.60 bits per heavy atom. The monoisotopic (exact) mass is 677 g/mol. The van der Waals surface area contributed by atoms with Crippen molar-refractivity contribution in [1.29, 1.82) is 0 Å². The number of aliphatic hydroxyl groups excluding tert-OH is 2. The van der Waals surface area contributed by atoms with Gasteiger partial charge in [0.05, 0.1) is 44.7 Å². The average Bonchev–Trinajstić information content (AvgIpc) is 3.45. The van der Waals surface area contributed by atoms with Crippen LogP contribution >= 0.6 is 11.6 Å². The molecular weight excluding hydrogens is 634 g/mol. The van der Waals surface area contributed by atoms with E-state index >= 15 is 0 Å². The minimum Gasteiger partial charge on any atom is -0.394 e. The Hall–Kier alpha value is -3.55. The summed E-state index contributed by atoms with van der Waals surface area (Å²) < 4.78 is 23.1. The number of hydrogen-bond acceptors (Lipinski definition) is 11. The first-order valence-electron chi connectivity index (χ1n) is 15.6. The van der Waals surface area contributed by atoms with Crippen LogP contribution in [0.4, 0.5) is 5.82 Å². The van der Waals surface area contributed by atoms with E-state index in [1.807, 2.05) is 0 Å². The van der Waals surface area contributed by atoms with Gasteiger partial charge < -0.3 is 45.5 Å². The molecule has 1 aromatic heterocycles. The fourth-order valence-electron chi connectivity index (χ4n) is 4.51. The zero-order chi connectivity index (χ0) is 33.9. The molecule has 14 nitrogen and oxygen atoms in total. The van der Waals surface area contributed by atoms with Gasteiger partial charge in [-0.05, 0) is 37.1 Å². The molecule has 2 aromatic rings. The molecule has 0 radical (unpaired) electrons. The maximum absolute atomic E-state index is 12.4. The first-order valence-corrected chi connectivity index (χ1v) is 16.1. The van der Waals surface area contributed by atoms with E-state index in [0.717, 1.165) is 25.7 Å². The smallest absolute Gasteiger partial charge is 0.351 e. The van der Waals surface area contributed by atoms with Crippen molar-refractivity contribution in [2.24, 2.45) is 0 Å². The first-order chi connectivity index (χ1) is 22.8. The SMILES string of the molecule is Nc1nc(=O)n(C2CC(O)C(CO)O2)cc1C#CCOCCNC(=O)c1ccc(C(=O)NCCOCCOCCCCCCCl)cc1. The Kier molecular flexibility index (Phi) is 17.2. The van der Waals surface area contributed by atoms with Crippen molar-refractivity contribution >= 4 is 29.2 Å². The summed E-state index contributed by atoms with van der Waals surface area (Å²) in [4.78, 5) is 40.8. The molecule has 2 amide bonds. The molecule has 2 heterocycles. The predicted molar refractivity (Wildman–Crippen MR) is 174 cm³/mol. The van der Waals surface area contributed by atoms with E-state index in [4.69, 9.17) is 36.3 Å².